The molecule has 0 aliphatic rings. The van der Waals surface area contributed by atoms with Gasteiger partial charge in [0.05, 0.1) is 0 Å². The fourth-order valence-electron chi connectivity index (χ4n) is 1.51. The second-order valence-electron chi connectivity index (χ2n) is 3.75. The van der Waals surface area contributed by atoms with Gasteiger partial charge in [-0.3, -0.25) is 4.79 Å². The lowest BCUT2D eigenvalue weighted by Crippen LogP contribution is -2.19. The van der Waals surface area contributed by atoms with Gasteiger partial charge in [0.15, 0.2) is 11.5 Å². The van der Waals surface area contributed by atoms with Crippen molar-refractivity contribution in [2.45, 2.75) is 19.4 Å². The van der Waals surface area contributed by atoms with E-state index in [4.69, 9.17) is 10.2 Å². The quantitative estimate of drug-likeness (QED) is 0.779. The van der Waals surface area contributed by atoms with Gasteiger partial charge in [0, 0.05) is 17.8 Å². The summed E-state index contributed by atoms with van der Waals surface area (Å²) in [6.07, 6.45) is 0.319. The summed E-state index contributed by atoms with van der Waals surface area (Å²) in [6.45, 7) is 1.81. The van der Waals surface area contributed by atoms with Crippen LogP contribution in [0.15, 0.2) is 34.7 Å². The maximum atomic E-state index is 11.7. The van der Waals surface area contributed by atoms with E-state index >= 15 is 0 Å². The molecule has 1 aromatic carbocycles. The highest BCUT2D eigenvalue weighted by molar-refractivity contribution is 5.97. The summed E-state index contributed by atoms with van der Waals surface area (Å²) in [6, 6.07) is 9.19. The van der Waals surface area contributed by atoms with E-state index in [1.807, 2.05) is 24.3 Å². The smallest absolute Gasteiger partial charge is 0.199 e. The first-order valence-corrected chi connectivity index (χ1v) is 4.94. The molecule has 0 amide bonds. The number of nitrogens with two attached hydrogens (primary N) is 1. The van der Waals surface area contributed by atoms with Gasteiger partial charge in [-0.05, 0) is 19.1 Å². The first kappa shape index (κ1) is 9.93. The Labute approximate surface area is 87.9 Å². The van der Waals surface area contributed by atoms with E-state index in [2.05, 4.69) is 0 Å². The van der Waals surface area contributed by atoms with E-state index < -0.39 is 0 Å². The number of ketones is 1. The van der Waals surface area contributed by atoms with Crippen molar-refractivity contribution >= 4 is 16.8 Å². The molecule has 3 nitrogen and oxygen atoms in total. The summed E-state index contributed by atoms with van der Waals surface area (Å²) in [5.74, 6) is 0.356. The Balaban J connectivity index is 2.32. The minimum Gasteiger partial charge on any atom is -0.453 e. The second-order valence-corrected chi connectivity index (χ2v) is 3.75. The molecule has 0 saturated carbocycles. The minimum atomic E-state index is -0.134. The number of fused-ring (bicyclic) bond motifs is 1. The molecule has 0 spiro atoms. The topological polar surface area (TPSA) is 56.2 Å². The molecule has 1 unspecified atom stereocenters. The van der Waals surface area contributed by atoms with E-state index in [1.165, 1.54) is 0 Å². The Morgan fingerprint density at radius 1 is 1.47 bits per heavy atom. The van der Waals surface area contributed by atoms with Crippen LogP contribution in [-0.4, -0.2) is 11.8 Å². The van der Waals surface area contributed by atoms with Crippen molar-refractivity contribution in [3.8, 4) is 0 Å². The first-order valence-electron chi connectivity index (χ1n) is 4.94. The number of benzene rings is 1. The zero-order valence-electron chi connectivity index (χ0n) is 8.57. The molecule has 0 radical (unpaired) electrons. The van der Waals surface area contributed by atoms with Crippen molar-refractivity contribution in [1.82, 2.24) is 0 Å². The highest BCUT2D eigenvalue weighted by atomic mass is 16.3. The lowest BCUT2D eigenvalue weighted by Gasteiger charge is -2.00. The van der Waals surface area contributed by atoms with Crippen LogP contribution in [0.5, 0.6) is 0 Å². The molecule has 1 heterocycles. The van der Waals surface area contributed by atoms with Crippen LogP contribution in [0.3, 0.4) is 0 Å². The number of hydrogen-bond acceptors (Lipinski definition) is 3. The molecule has 15 heavy (non-hydrogen) atoms. The normalized spacial score (nSPS) is 12.9. The monoisotopic (exact) mass is 203 g/mol. The fourth-order valence-corrected chi connectivity index (χ4v) is 1.51. The molecule has 0 fully saturated rings. The third-order valence-corrected chi connectivity index (χ3v) is 2.21. The standard InChI is InChI=1S/C12H13NO2/c1-8(13)6-10(14)12-7-9-4-2-3-5-11(9)15-12/h2-5,7-8H,6,13H2,1H3. The highest BCUT2D eigenvalue weighted by Gasteiger charge is 2.13. The number of carbonyl (C=O) groups is 1. The average Bonchev–Trinajstić information content (AvgIpc) is 2.59. The molecule has 3 heteroatoms. The number of furan rings is 1. The lowest BCUT2D eigenvalue weighted by molar-refractivity contribution is 0.0951. The number of para-hydroxylation sites is 1. The predicted octanol–water partition coefficient (Wildman–Crippen LogP) is 2.35. The first-order chi connectivity index (χ1) is 7.16. The van der Waals surface area contributed by atoms with Crippen molar-refractivity contribution < 1.29 is 9.21 Å². The lowest BCUT2D eigenvalue weighted by atomic mass is 10.1. The largest absolute Gasteiger partial charge is 0.453 e. The molecular weight excluding hydrogens is 190 g/mol. The van der Waals surface area contributed by atoms with Crippen molar-refractivity contribution in [2.24, 2.45) is 5.73 Å². The Kier molecular flexibility index (Phi) is 2.56. The van der Waals surface area contributed by atoms with Gasteiger partial charge >= 0.3 is 0 Å². The number of rotatable bonds is 3. The van der Waals surface area contributed by atoms with Crippen molar-refractivity contribution in [1.29, 1.82) is 0 Å². The van der Waals surface area contributed by atoms with Gasteiger partial charge in [0.1, 0.15) is 5.58 Å². The van der Waals surface area contributed by atoms with Crippen molar-refractivity contribution in [3.05, 3.63) is 36.1 Å². The van der Waals surface area contributed by atoms with Gasteiger partial charge < -0.3 is 10.2 Å². The maximum Gasteiger partial charge on any atom is 0.199 e. The van der Waals surface area contributed by atoms with E-state index in [-0.39, 0.29) is 11.8 Å². The molecule has 2 rings (SSSR count). The van der Waals surface area contributed by atoms with Crippen molar-refractivity contribution in [2.75, 3.05) is 0 Å². The SMILES string of the molecule is CC(N)CC(=O)c1cc2ccccc2o1. The average molecular weight is 203 g/mol. The molecule has 0 saturated heterocycles. The van der Waals surface area contributed by atoms with Gasteiger partial charge in [-0.1, -0.05) is 18.2 Å². The summed E-state index contributed by atoms with van der Waals surface area (Å²) in [5, 5.41) is 0.950. The van der Waals surface area contributed by atoms with Gasteiger partial charge in [0.25, 0.3) is 0 Å². The number of carbonyl (C=O) groups excluding carboxylic acids is 1. The van der Waals surface area contributed by atoms with Gasteiger partial charge in [-0.15, -0.1) is 0 Å². The molecule has 1 atom stereocenters. The van der Waals surface area contributed by atoms with E-state index in [1.54, 1.807) is 13.0 Å². The third-order valence-electron chi connectivity index (χ3n) is 2.21. The molecule has 1 aromatic heterocycles. The molecule has 2 aromatic rings. The van der Waals surface area contributed by atoms with Crippen LogP contribution < -0.4 is 5.73 Å². The zero-order valence-corrected chi connectivity index (χ0v) is 8.57. The summed E-state index contributed by atoms with van der Waals surface area (Å²) in [7, 11) is 0. The predicted molar refractivity (Wildman–Crippen MR) is 58.8 cm³/mol. The van der Waals surface area contributed by atoms with Crippen LogP contribution in [0, 0.1) is 0 Å². The summed E-state index contributed by atoms with van der Waals surface area (Å²) in [5.41, 5.74) is 6.30. The summed E-state index contributed by atoms with van der Waals surface area (Å²) >= 11 is 0. The van der Waals surface area contributed by atoms with Crippen LogP contribution in [0.25, 0.3) is 11.0 Å². The molecule has 0 bridgehead atoms. The highest BCUT2D eigenvalue weighted by Crippen LogP contribution is 2.19. The maximum absolute atomic E-state index is 11.7. The summed E-state index contributed by atoms with van der Waals surface area (Å²) < 4.78 is 5.43. The van der Waals surface area contributed by atoms with E-state index in [0.717, 1.165) is 11.0 Å². The van der Waals surface area contributed by atoms with Gasteiger partial charge in [-0.2, -0.15) is 0 Å². The zero-order chi connectivity index (χ0) is 10.8. The van der Waals surface area contributed by atoms with Crippen molar-refractivity contribution in [3.63, 3.8) is 0 Å². The molecule has 2 N–H and O–H groups in total. The molecule has 78 valence electrons. The Morgan fingerprint density at radius 2 is 2.20 bits per heavy atom. The fraction of sp³-hybridized carbons (Fsp3) is 0.250. The van der Waals surface area contributed by atoms with Gasteiger partial charge in [0.2, 0.25) is 0 Å². The molecule has 0 aliphatic heterocycles. The molecule has 0 aliphatic carbocycles. The van der Waals surface area contributed by atoms with Crippen LogP contribution in [0.1, 0.15) is 23.9 Å². The van der Waals surface area contributed by atoms with Crippen LogP contribution in [0.4, 0.5) is 0 Å². The second kappa shape index (κ2) is 3.87. The Bertz CT molecular complexity index is 452. The van der Waals surface area contributed by atoms with E-state index in [9.17, 15) is 4.79 Å². The van der Waals surface area contributed by atoms with E-state index in [0.29, 0.717) is 12.2 Å². The number of Topliss-reactive ketones (excluding diaryl/α,β-unsaturated/α-hetero) is 1. The molecular formula is C12H13NO2. The van der Waals surface area contributed by atoms with Crippen LogP contribution in [0.2, 0.25) is 0 Å². The van der Waals surface area contributed by atoms with Crippen LogP contribution in [-0.2, 0) is 0 Å². The number of hydrogen-bond donors (Lipinski definition) is 1. The summed E-state index contributed by atoms with van der Waals surface area (Å²) in [4.78, 5) is 11.7. The Morgan fingerprint density at radius 3 is 2.87 bits per heavy atom. The third kappa shape index (κ3) is 2.07. The Hall–Kier alpha value is -1.61. The minimum absolute atomic E-state index is 0.0406. The van der Waals surface area contributed by atoms with Gasteiger partial charge in [-0.25, -0.2) is 0 Å². The van der Waals surface area contributed by atoms with Crippen LogP contribution >= 0.6 is 0 Å².